The highest BCUT2D eigenvalue weighted by molar-refractivity contribution is 5.58. The molecular formula is C16H19F2N5O2. The summed E-state index contributed by atoms with van der Waals surface area (Å²) in [6.07, 6.45) is 0.395. The number of benzene rings is 1. The van der Waals surface area contributed by atoms with E-state index in [9.17, 15) is 8.78 Å². The first kappa shape index (κ1) is 17.3. The van der Waals surface area contributed by atoms with E-state index in [0.717, 1.165) is 0 Å². The molecule has 1 saturated heterocycles. The van der Waals surface area contributed by atoms with Gasteiger partial charge in [-0.2, -0.15) is 4.98 Å². The Kier molecular flexibility index (Phi) is 5.56. The van der Waals surface area contributed by atoms with Gasteiger partial charge < -0.3 is 20.1 Å². The van der Waals surface area contributed by atoms with Crippen molar-refractivity contribution < 1.29 is 18.3 Å². The molecule has 0 aliphatic carbocycles. The fourth-order valence-electron chi connectivity index (χ4n) is 2.37. The predicted molar refractivity (Wildman–Crippen MR) is 88.5 cm³/mol. The lowest BCUT2D eigenvalue weighted by Gasteiger charge is -2.25. The fourth-order valence-corrected chi connectivity index (χ4v) is 2.37. The van der Waals surface area contributed by atoms with Gasteiger partial charge in [-0.3, -0.25) is 5.10 Å². The minimum Gasteiger partial charge on any atom is -0.489 e. The van der Waals surface area contributed by atoms with Crippen molar-refractivity contribution in [3.05, 3.63) is 35.9 Å². The molecule has 1 fully saturated rings. The zero-order valence-electron chi connectivity index (χ0n) is 13.5. The van der Waals surface area contributed by atoms with Crippen LogP contribution in [-0.4, -0.2) is 54.6 Å². The SMILES string of the molecule is NC/C(=C/F)COc1ccc(-c2nc(N3CCOCC3)n[nH]2)c(F)c1. The summed E-state index contributed by atoms with van der Waals surface area (Å²) < 4.78 is 37.4. The maximum atomic E-state index is 14.4. The van der Waals surface area contributed by atoms with Crippen LogP contribution in [0.4, 0.5) is 14.7 Å². The summed E-state index contributed by atoms with van der Waals surface area (Å²) >= 11 is 0. The first-order chi connectivity index (χ1) is 12.2. The topological polar surface area (TPSA) is 89.3 Å². The van der Waals surface area contributed by atoms with Crippen molar-refractivity contribution in [3.63, 3.8) is 0 Å². The number of aromatic amines is 1. The van der Waals surface area contributed by atoms with Crippen LogP contribution >= 0.6 is 0 Å². The summed E-state index contributed by atoms with van der Waals surface area (Å²) in [5, 5.41) is 6.88. The standard InChI is InChI=1S/C16H19F2N5O2/c17-8-11(9-19)10-25-12-1-2-13(14(18)7-12)15-20-16(22-21-15)23-3-5-24-6-4-23/h1-2,7-8H,3-6,9-10,19H2,(H,20,21,22)/b11-8-. The van der Waals surface area contributed by atoms with Crippen LogP contribution in [0.25, 0.3) is 11.4 Å². The van der Waals surface area contributed by atoms with Crippen LogP contribution in [0.3, 0.4) is 0 Å². The Hall–Kier alpha value is -2.52. The number of nitrogens with two attached hydrogens (primary N) is 1. The highest BCUT2D eigenvalue weighted by atomic mass is 19.1. The Bertz CT molecular complexity index is 744. The Labute approximate surface area is 143 Å². The van der Waals surface area contributed by atoms with Crippen molar-refractivity contribution in [3.8, 4) is 17.1 Å². The highest BCUT2D eigenvalue weighted by Gasteiger charge is 2.17. The zero-order chi connectivity index (χ0) is 17.6. The lowest BCUT2D eigenvalue weighted by molar-refractivity contribution is 0.122. The molecule has 0 saturated carbocycles. The second kappa shape index (κ2) is 8.04. The molecule has 0 bridgehead atoms. The molecule has 0 unspecified atom stereocenters. The van der Waals surface area contributed by atoms with E-state index in [1.807, 2.05) is 4.90 Å². The average molecular weight is 351 g/mol. The molecule has 1 aliphatic rings. The van der Waals surface area contributed by atoms with E-state index in [1.54, 1.807) is 6.07 Å². The largest absolute Gasteiger partial charge is 0.489 e. The van der Waals surface area contributed by atoms with Gasteiger partial charge in [-0.05, 0) is 12.1 Å². The Morgan fingerprint density at radius 3 is 2.88 bits per heavy atom. The van der Waals surface area contributed by atoms with Crippen molar-refractivity contribution in [2.24, 2.45) is 5.73 Å². The van der Waals surface area contributed by atoms with Gasteiger partial charge in [0.15, 0.2) is 5.82 Å². The van der Waals surface area contributed by atoms with E-state index in [0.29, 0.717) is 44.4 Å². The maximum Gasteiger partial charge on any atom is 0.245 e. The van der Waals surface area contributed by atoms with Gasteiger partial charge >= 0.3 is 0 Å². The molecule has 2 heterocycles. The lowest BCUT2D eigenvalue weighted by Crippen LogP contribution is -2.36. The van der Waals surface area contributed by atoms with Crippen LogP contribution in [0, 0.1) is 5.82 Å². The van der Waals surface area contributed by atoms with E-state index in [2.05, 4.69) is 15.2 Å². The van der Waals surface area contributed by atoms with Crippen LogP contribution in [0.5, 0.6) is 5.75 Å². The number of hydrogen-bond acceptors (Lipinski definition) is 6. The molecule has 3 N–H and O–H groups in total. The van der Waals surface area contributed by atoms with Gasteiger partial charge in [0.1, 0.15) is 18.2 Å². The summed E-state index contributed by atoms with van der Waals surface area (Å²) in [6, 6.07) is 4.34. The van der Waals surface area contributed by atoms with E-state index < -0.39 is 5.82 Å². The van der Waals surface area contributed by atoms with Gasteiger partial charge in [0, 0.05) is 31.3 Å². The number of aromatic nitrogens is 3. The van der Waals surface area contributed by atoms with Gasteiger partial charge in [0.2, 0.25) is 5.95 Å². The van der Waals surface area contributed by atoms with Crippen molar-refractivity contribution in [2.75, 3.05) is 44.4 Å². The molecule has 0 atom stereocenters. The second-order valence-electron chi connectivity index (χ2n) is 5.49. The summed E-state index contributed by atoms with van der Waals surface area (Å²) in [5.41, 5.74) is 5.91. The Morgan fingerprint density at radius 2 is 2.20 bits per heavy atom. The molecule has 0 amide bonds. The summed E-state index contributed by atoms with van der Waals surface area (Å²) in [4.78, 5) is 6.31. The molecule has 7 nitrogen and oxygen atoms in total. The lowest BCUT2D eigenvalue weighted by atomic mass is 10.2. The third-order valence-electron chi connectivity index (χ3n) is 3.80. The van der Waals surface area contributed by atoms with Gasteiger partial charge in [-0.15, -0.1) is 5.10 Å². The summed E-state index contributed by atoms with van der Waals surface area (Å²) in [7, 11) is 0. The average Bonchev–Trinajstić information content (AvgIpc) is 3.13. The van der Waals surface area contributed by atoms with Gasteiger partial charge in [-0.25, -0.2) is 8.78 Å². The molecule has 1 aromatic carbocycles. The maximum absolute atomic E-state index is 14.4. The molecule has 134 valence electrons. The molecule has 9 heteroatoms. The minimum atomic E-state index is -0.513. The third kappa shape index (κ3) is 4.12. The Balaban J connectivity index is 1.71. The number of hydrogen-bond donors (Lipinski definition) is 2. The number of halogens is 2. The minimum absolute atomic E-state index is 0.0325. The molecule has 3 rings (SSSR count). The van der Waals surface area contributed by atoms with Gasteiger partial charge in [0.05, 0.1) is 25.1 Å². The van der Waals surface area contributed by atoms with Crippen molar-refractivity contribution >= 4 is 5.95 Å². The number of nitrogens with zero attached hydrogens (tertiary/aromatic N) is 3. The predicted octanol–water partition coefficient (Wildman–Crippen LogP) is 1.64. The Morgan fingerprint density at radius 1 is 1.40 bits per heavy atom. The van der Waals surface area contributed by atoms with E-state index in [4.69, 9.17) is 15.2 Å². The number of H-pyrrole nitrogens is 1. The molecule has 25 heavy (non-hydrogen) atoms. The van der Waals surface area contributed by atoms with E-state index >= 15 is 0 Å². The fraction of sp³-hybridized carbons (Fsp3) is 0.375. The number of nitrogens with one attached hydrogen (secondary N) is 1. The second-order valence-corrected chi connectivity index (χ2v) is 5.49. The van der Waals surface area contributed by atoms with Crippen LogP contribution in [0.2, 0.25) is 0 Å². The first-order valence-corrected chi connectivity index (χ1v) is 7.87. The van der Waals surface area contributed by atoms with Crippen LogP contribution in [-0.2, 0) is 4.74 Å². The van der Waals surface area contributed by atoms with Crippen molar-refractivity contribution in [1.82, 2.24) is 15.2 Å². The quantitative estimate of drug-likeness (QED) is 0.822. The van der Waals surface area contributed by atoms with Gasteiger partial charge in [-0.1, -0.05) is 0 Å². The smallest absolute Gasteiger partial charge is 0.245 e. The summed E-state index contributed by atoms with van der Waals surface area (Å²) in [5.74, 6) is 0.609. The summed E-state index contributed by atoms with van der Waals surface area (Å²) in [6.45, 7) is 2.62. The van der Waals surface area contributed by atoms with Gasteiger partial charge in [0.25, 0.3) is 0 Å². The zero-order valence-corrected chi connectivity index (χ0v) is 13.5. The molecule has 0 spiro atoms. The molecule has 1 aromatic heterocycles. The van der Waals surface area contributed by atoms with Crippen molar-refractivity contribution in [2.45, 2.75) is 0 Å². The number of anilines is 1. The normalized spacial score (nSPS) is 15.5. The first-order valence-electron chi connectivity index (χ1n) is 7.87. The number of morpholine rings is 1. The van der Waals surface area contributed by atoms with E-state index in [-0.39, 0.29) is 30.0 Å². The molecule has 1 aliphatic heterocycles. The molecule has 2 aromatic rings. The van der Waals surface area contributed by atoms with Crippen molar-refractivity contribution in [1.29, 1.82) is 0 Å². The number of rotatable bonds is 6. The monoisotopic (exact) mass is 351 g/mol. The van der Waals surface area contributed by atoms with Crippen LogP contribution < -0.4 is 15.4 Å². The number of ether oxygens (including phenoxy) is 2. The van der Waals surface area contributed by atoms with Crippen LogP contribution in [0.1, 0.15) is 0 Å². The third-order valence-corrected chi connectivity index (χ3v) is 3.80. The molecular weight excluding hydrogens is 332 g/mol. The highest BCUT2D eigenvalue weighted by Crippen LogP contribution is 2.25. The van der Waals surface area contributed by atoms with E-state index in [1.165, 1.54) is 12.1 Å². The van der Waals surface area contributed by atoms with Crippen LogP contribution in [0.15, 0.2) is 30.1 Å². The molecule has 0 radical (unpaired) electrons.